The molecule has 1 atom stereocenters. The van der Waals surface area contributed by atoms with Gasteiger partial charge in [0.1, 0.15) is 0 Å². The molecule has 2 rings (SSSR count). The van der Waals surface area contributed by atoms with Crippen molar-refractivity contribution in [1.82, 2.24) is 4.90 Å². The molecule has 0 aliphatic carbocycles. The summed E-state index contributed by atoms with van der Waals surface area (Å²) in [5.74, 6) is 0.413. The highest BCUT2D eigenvalue weighted by Gasteiger charge is 2.33. The molecule has 1 aromatic rings. The molecule has 0 aromatic carbocycles. The van der Waals surface area contributed by atoms with E-state index in [2.05, 4.69) is 0 Å². The van der Waals surface area contributed by atoms with Crippen LogP contribution in [0.2, 0.25) is 0 Å². The molecule has 1 aromatic heterocycles. The van der Waals surface area contributed by atoms with E-state index >= 15 is 0 Å². The van der Waals surface area contributed by atoms with Crippen LogP contribution in [0.5, 0.6) is 0 Å². The first-order valence-electron chi connectivity index (χ1n) is 6.54. The number of carbonyl (C=O) groups is 1. The first kappa shape index (κ1) is 14.5. The van der Waals surface area contributed by atoms with Crippen LogP contribution in [-0.4, -0.2) is 43.3 Å². The van der Waals surface area contributed by atoms with Crippen molar-refractivity contribution < 1.29 is 13.2 Å². The maximum absolute atomic E-state index is 12.2. The van der Waals surface area contributed by atoms with Gasteiger partial charge in [-0.25, -0.2) is 8.42 Å². The smallest absolute Gasteiger partial charge is 0.223 e. The Morgan fingerprint density at radius 1 is 1.53 bits per heavy atom. The molecule has 0 bridgehead atoms. The number of thiophene rings is 1. The van der Waals surface area contributed by atoms with Crippen LogP contribution in [0, 0.1) is 0 Å². The van der Waals surface area contributed by atoms with Crippen LogP contribution >= 0.6 is 11.3 Å². The van der Waals surface area contributed by atoms with Gasteiger partial charge in [0.25, 0.3) is 0 Å². The van der Waals surface area contributed by atoms with Crippen LogP contribution in [0.15, 0.2) is 17.5 Å². The summed E-state index contributed by atoms with van der Waals surface area (Å²) in [6.07, 6.45) is 1.79. The van der Waals surface area contributed by atoms with Gasteiger partial charge in [0, 0.05) is 23.9 Å². The van der Waals surface area contributed by atoms with E-state index in [4.69, 9.17) is 0 Å². The maximum atomic E-state index is 12.2. The van der Waals surface area contributed by atoms with Crippen LogP contribution in [-0.2, 0) is 21.1 Å². The van der Waals surface area contributed by atoms with Gasteiger partial charge in [-0.2, -0.15) is 0 Å². The lowest BCUT2D eigenvalue weighted by atomic mass is 10.2. The van der Waals surface area contributed by atoms with Crippen molar-refractivity contribution in [2.75, 3.05) is 18.1 Å². The zero-order valence-electron chi connectivity index (χ0n) is 11.0. The predicted molar refractivity (Wildman–Crippen MR) is 77.1 cm³/mol. The first-order chi connectivity index (χ1) is 9.02. The van der Waals surface area contributed by atoms with Gasteiger partial charge in [-0.15, -0.1) is 11.3 Å². The fraction of sp³-hybridized carbons (Fsp3) is 0.615. The van der Waals surface area contributed by atoms with Crippen LogP contribution in [0.25, 0.3) is 0 Å². The molecular formula is C13H19NO3S2. The third-order valence-corrected chi connectivity index (χ3v) is 6.16. The molecule has 1 aliphatic rings. The molecule has 106 valence electrons. The lowest BCUT2D eigenvalue weighted by molar-refractivity contribution is -0.132. The van der Waals surface area contributed by atoms with Crippen molar-refractivity contribution in [1.29, 1.82) is 0 Å². The Morgan fingerprint density at radius 3 is 2.84 bits per heavy atom. The Bertz CT molecular complexity index is 522. The second-order valence-electron chi connectivity index (χ2n) is 4.82. The highest BCUT2D eigenvalue weighted by Crippen LogP contribution is 2.19. The number of sulfone groups is 1. The number of aryl methyl sites for hydroxylation is 1. The highest BCUT2D eigenvalue weighted by molar-refractivity contribution is 7.91. The van der Waals surface area contributed by atoms with Crippen molar-refractivity contribution >= 4 is 27.1 Å². The largest absolute Gasteiger partial charge is 0.339 e. The summed E-state index contributed by atoms with van der Waals surface area (Å²) in [6.45, 7) is 2.50. The topological polar surface area (TPSA) is 54.5 Å². The molecule has 1 fully saturated rings. The zero-order valence-corrected chi connectivity index (χ0v) is 12.7. The van der Waals surface area contributed by atoms with Crippen LogP contribution in [0.4, 0.5) is 0 Å². The van der Waals surface area contributed by atoms with Crippen molar-refractivity contribution in [2.45, 2.75) is 32.2 Å². The molecule has 4 nitrogen and oxygen atoms in total. The number of hydrogen-bond acceptors (Lipinski definition) is 4. The summed E-state index contributed by atoms with van der Waals surface area (Å²) in [5, 5.41) is 2.00. The van der Waals surface area contributed by atoms with Crippen molar-refractivity contribution in [3.05, 3.63) is 22.4 Å². The standard InChI is InChI=1S/C13H19NO3S2/c1-2-14(11-7-9-19(16,17)10-11)13(15)6-5-12-4-3-8-18-12/h3-4,8,11H,2,5-7,9-10H2,1H3/t11-/m1/s1. The third-order valence-electron chi connectivity index (χ3n) is 3.48. The fourth-order valence-electron chi connectivity index (χ4n) is 2.49. The van der Waals surface area contributed by atoms with E-state index in [1.807, 2.05) is 24.4 Å². The summed E-state index contributed by atoms with van der Waals surface area (Å²) in [5.41, 5.74) is 0. The van der Waals surface area contributed by atoms with Gasteiger partial charge in [-0.3, -0.25) is 4.79 Å². The molecule has 1 amide bonds. The minimum Gasteiger partial charge on any atom is -0.339 e. The molecule has 1 aliphatic heterocycles. The Kier molecular flexibility index (Phi) is 4.62. The van der Waals surface area contributed by atoms with Gasteiger partial charge in [-0.1, -0.05) is 6.07 Å². The molecule has 19 heavy (non-hydrogen) atoms. The number of rotatable bonds is 5. The van der Waals surface area contributed by atoms with E-state index in [1.165, 1.54) is 4.88 Å². The summed E-state index contributed by atoms with van der Waals surface area (Å²) < 4.78 is 23.0. The van der Waals surface area contributed by atoms with Crippen LogP contribution < -0.4 is 0 Å². The second kappa shape index (κ2) is 6.05. The lowest BCUT2D eigenvalue weighted by Crippen LogP contribution is -2.41. The van der Waals surface area contributed by atoms with E-state index in [0.717, 1.165) is 6.42 Å². The van der Waals surface area contributed by atoms with E-state index in [-0.39, 0.29) is 23.5 Å². The van der Waals surface area contributed by atoms with Gasteiger partial charge >= 0.3 is 0 Å². The van der Waals surface area contributed by atoms with Crippen molar-refractivity contribution in [3.8, 4) is 0 Å². The molecule has 0 spiro atoms. The predicted octanol–water partition coefficient (Wildman–Crippen LogP) is 1.72. The lowest BCUT2D eigenvalue weighted by Gasteiger charge is -2.26. The molecule has 2 heterocycles. The molecule has 0 radical (unpaired) electrons. The molecule has 6 heteroatoms. The monoisotopic (exact) mass is 301 g/mol. The maximum Gasteiger partial charge on any atom is 0.223 e. The van der Waals surface area contributed by atoms with Crippen molar-refractivity contribution in [2.24, 2.45) is 0 Å². The summed E-state index contributed by atoms with van der Waals surface area (Å²) in [6, 6.07) is 3.88. The van der Waals surface area contributed by atoms with E-state index < -0.39 is 9.84 Å². The number of amides is 1. The molecule has 0 unspecified atom stereocenters. The minimum absolute atomic E-state index is 0.0676. The summed E-state index contributed by atoms with van der Waals surface area (Å²) in [4.78, 5) is 15.1. The van der Waals surface area contributed by atoms with E-state index in [1.54, 1.807) is 16.2 Å². The normalized spacial score (nSPS) is 21.4. The summed E-state index contributed by atoms with van der Waals surface area (Å²) in [7, 11) is -2.93. The minimum atomic E-state index is -2.93. The van der Waals surface area contributed by atoms with E-state index in [0.29, 0.717) is 19.4 Å². The molecular weight excluding hydrogens is 282 g/mol. The van der Waals surface area contributed by atoms with Gasteiger partial charge in [-0.05, 0) is 31.2 Å². The summed E-state index contributed by atoms with van der Waals surface area (Å²) >= 11 is 1.65. The van der Waals surface area contributed by atoms with Crippen LogP contribution in [0.3, 0.4) is 0 Å². The Balaban J connectivity index is 1.92. The fourth-order valence-corrected chi connectivity index (χ4v) is 4.93. The second-order valence-corrected chi connectivity index (χ2v) is 8.08. The average Bonchev–Trinajstić information content (AvgIpc) is 2.97. The molecule has 1 saturated heterocycles. The Hall–Kier alpha value is -0.880. The number of nitrogens with zero attached hydrogens (tertiary/aromatic N) is 1. The quantitative estimate of drug-likeness (QED) is 0.832. The SMILES string of the molecule is CCN(C(=O)CCc1cccs1)[C@@H]1CCS(=O)(=O)C1. The molecule has 0 saturated carbocycles. The number of carbonyl (C=O) groups excluding carboxylic acids is 1. The Morgan fingerprint density at radius 2 is 2.32 bits per heavy atom. The average molecular weight is 301 g/mol. The van der Waals surface area contributed by atoms with Gasteiger partial charge in [0.2, 0.25) is 5.91 Å². The number of hydrogen-bond donors (Lipinski definition) is 0. The van der Waals surface area contributed by atoms with Crippen molar-refractivity contribution in [3.63, 3.8) is 0 Å². The first-order valence-corrected chi connectivity index (χ1v) is 9.24. The van der Waals surface area contributed by atoms with Gasteiger partial charge in [0.05, 0.1) is 11.5 Å². The zero-order chi connectivity index (χ0) is 13.9. The van der Waals surface area contributed by atoms with E-state index in [9.17, 15) is 13.2 Å². The molecule has 0 N–H and O–H groups in total. The highest BCUT2D eigenvalue weighted by atomic mass is 32.2. The third kappa shape index (κ3) is 3.79. The Labute approximate surface area is 118 Å². The van der Waals surface area contributed by atoms with Crippen LogP contribution in [0.1, 0.15) is 24.6 Å². The van der Waals surface area contributed by atoms with Gasteiger partial charge in [0.15, 0.2) is 9.84 Å². The van der Waals surface area contributed by atoms with Gasteiger partial charge < -0.3 is 4.90 Å².